The molecule has 0 N–H and O–H groups in total. The Morgan fingerprint density at radius 1 is 1.41 bits per heavy atom. The molecule has 1 aromatic carbocycles. The number of ether oxygens (including phenoxy) is 2. The summed E-state index contributed by atoms with van der Waals surface area (Å²) in [7, 11) is 0. The fraction of sp³-hybridized carbons (Fsp3) is 0.500. The first-order valence-electron chi connectivity index (χ1n) is 7.78. The minimum absolute atomic E-state index is 0.0738. The Kier molecular flexibility index (Phi) is 6.29. The minimum Gasteiger partial charge on any atom is -0.494 e. The smallest absolute Gasteiger partial charge is 0.253 e. The number of amides is 1. The van der Waals surface area contributed by atoms with E-state index in [1.54, 1.807) is 0 Å². The van der Waals surface area contributed by atoms with E-state index in [4.69, 9.17) is 15.9 Å². The molecule has 1 aromatic rings. The fourth-order valence-corrected chi connectivity index (χ4v) is 2.71. The molecule has 1 heterocycles. The molecule has 1 atom stereocenters. The number of nitrogens with zero attached hydrogens (tertiary/aromatic N) is 1. The summed E-state index contributed by atoms with van der Waals surface area (Å²) in [4.78, 5) is 14.5. The molecule has 0 saturated carbocycles. The van der Waals surface area contributed by atoms with E-state index in [0.29, 0.717) is 31.3 Å². The van der Waals surface area contributed by atoms with Crippen molar-refractivity contribution in [2.45, 2.75) is 19.8 Å². The second kappa shape index (κ2) is 8.45. The van der Waals surface area contributed by atoms with Crippen LogP contribution in [0.5, 0.6) is 5.75 Å². The lowest BCUT2D eigenvalue weighted by Gasteiger charge is -2.32. The van der Waals surface area contributed by atoms with E-state index in [0.717, 1.165) is 31.7 Å². The van der Waals surface area contributed by atoms with Gasteiger partial charge in [-0.1, -0.05) is 5.92 Å². The maximum Gasteiger partial charge on any atom is 0.253 e. The zero-order valence-electron chi connectivity index (χ0n) is 13.1. The number of carbonyl (C=O) groups excluding carboxylic acids is 1. The van der Waals surface area contributed by atoms with Crippen LogP contribution in [0, 0.1) is 18.3 Å². The third-order valence-electron chi connectivity index (χ3n) is 3.76. The maximum atomic E-state index is 12.6. The molecule has 22 heavy (non-hydrogen) atoms. The zero-order chi connectivity index (χ0) is 15.8. The van der Waals surface area contributed by atoms with Gasteiger partial charge < -0.3 is 14.4 Å². The van der Waals surface area contributed by atoms with Crippen LogP contribution in [-0.4, -0.2) is 43.7 Å². The van der Waals surface area contributed by atoms with E-state index in [1.807, 2.05) is 36.1 Å². The molecule has 2 rings (SSSR count). The van der Waals surface area contributed by atoms with E-state index < -0.39 is 0 Å². The van der Waals surface area contributed by atoms with Gasteiger partial charge in [0.25, 0.3) is 5.91 Å². The van der Waals surface area contributed by atoms with Gasteiger partial charge in [-0.2, -0.15) is 0 Å². The highest BCUT2D eigenvalue weighted by atomic mass is 16.5. The van der Waals surface area contributed by atoms with Crippen molar-refractivity contribution in [2.75, 3.05) is 32.9 Å². The molecule has 4 heteroatoms. The molecule has 1 saturated heterocycles. The van der Waals surface area contributed by atoms with Crippen molar-refractivity contribution in [3.05, 3.63) is 29.8 Å². The van der Waals surface area contributed by atoms with Gasteiger partial charge in [-0.05, 0) is 44.0 Å². The first-order chi connectivity index (χ1) is 10.7. The van der Waals surface area contributed by atoms with E-state index in [2.05, 4.69) is 5.92 Å². The Hall–Kier alpha value is -1.99. The molecule has 0 aromatic heterocycles. The Labute approximate surface area is 132 Å². The van der Waals surface area contributed by atoms with Gasteiger partial charge in [-0.15, -0.1) is 6.42 Å². The normalized spacial score (nSPS) is 17.8. The molecule has 4 nitrogen and oxygen atoms in total. The summed E-state index contributed by atoms with van der Waals surface area (Å²) in [6.07, 6.45) is 7.27. The van der Waals surface area contributed by atoms with Crippen LogP contribution in [0.25, 0.3) is 0 Å². The highest BCUT2D eigenvalue weighted by molar-refractivity contribution is 5.94. The van der Waals surface area contributed by atoms with Crippen LogP contribution in [0.4, 0.5) is 0 Å². The van der Waals surface area contributed by atoms with E-state index in [1.165, 1.54) is 0 Å². The SMILES string of the molecule is C#CCOCC1CCCN(C(=O)c2ccc(OCC)cc2)C1. The summed E-state index contributed by atoms with van der Waals surface area (Å²) >= 11 is 0. The highest BCUT2D eigenvalue weighted by Gasteiger charge is 2.24. The summed E-state index contributed by atoms with van der Waals surface area (Å²) < 4.78 is 10.8. The number of hydrogen-bond donors (Lipinski definition) is 0. The molecule has 1 amide bonds. The lowest BCUT2D eigenvalue weighted by Crippen LogP contribution is -2.41. The van der Waals surface area contributed by atoms with Gasteiger partial charge in [-0.25, -0.2) is 0 Å². The number of likely N-dealkylation sites (tertiary alicyclic amines) is 1. The van der Waals surface area contributed by atoms with Crippen LogP contribution in [-0.2, 0) is 4.74 Å². The van der Waals surface area contributed by atoms with Crippen molar-refractivity contribution in [1.82, 2.24) is 4.90 Å². The van der Waals surface area contributed by atoms with E-state index in [9.17, 15) is 4.79 Å². The van der Waals surface area contributed by atoms with Gasteiger partial charge in [0, 0.05) is 24.6 Å². The molecule has 0 spiro atoms. The van der Waals surface area contributed by atoms with E-state index in [-0.39, 0.29) is 5.91 Å². The first kappa shape index (κ1) is 16.4. The van der Waals surface area contributed by atoms with Gasteiger partial charge in [-0.3, -0.25) is 4.79 Å². The van der Waals surface area contributed by atoms with E-state index >= 15 is 0 Å². The van der Waals surface area contributed by atoms with Crippen molar-refractivity contribution in [3.63, 3.8) is 0 Å². The molecule has 1 fully saturated rings. The van der Waals surface area contributed by atoms with Crippen LogP contribution in [0.1, 0.15) is 30.1 Å². The van der Waals surface area contributed by atoms with Crippen molar-refractivity contribution >= 4 is 5.91 Å². The average molecular weight is 301 g/mol. The molecule has 0 radical (unpaired) electrons. The van der Waals surface area contributed by atoms with Gasteiger partial charge in [0.15, 0.2) is 0 Å². The molecule has 118 valence electrons. The summed E-state index contributed by atoms with van der Waals surface area (Å²) in [5, 5.41) is 0. The minimum atomic E-state index is 0.0738. The van der Waals surface area contributed by atoms with Crippen molar-refractivity contribution in [1.29, 1.82) is 0 Å². The lowest BCUT2D eigenvalue weighted by atomic mass is 9.98. The zero-order valence-corrected chi connectivity index (χ0v) is 13.1. The number of hydrogen-bond acceptors (Lipinski definition) is 3. The second-order valence-corrected chi connectivity index (χ2v) is 5.44. The Morgan fingerprint density at radius 2 is 2.18 bits per heavy atom. The summed E-state index contributed by atoms with van der Waals surface area (Å²) in [6.45, 7) is 5.06. The van der Waals surface area contributed by atoms with Crippen LogP contribution in [0.15, 0.2) is 24.3 Å². The summed E-state index contributed by atoms with van der Waals surface area (Å²) in [5.74, 6) is 3.70. The van der Waals surface area contributed by atoms with Crippen molar-refractivity contribution in [3.8, 4) is 18.1 Å². The number of rotatable bonds is 6. The molecule has 0 bridgehead atoms. The third-order valence-corrected chi connectivity index (χ3v) is 3.76. The molecular formula is C18H23NO3. The monoisotopic (exact) mass is 301 g/mol. The highest BCUT2D eigenvalue weighted by Crippen LogP contribution is 2.20. The van der Waals surface area contributed by atoms with Gasteiger partial charge in [0.2, 0.25) is 0 Å². The largest absolute Gasteiger partial charge is 0.494 e. The predicted octanol–water partition coefficient (Wildman–Crippen LogP) is 2.59. The van der Waals surface area contributed by atoms with Crippen LogP contribution in [0.2, 0.25) is 0 Å². The Morgan fingerprint density at radius 3 is 2.86 bits per heavy atom. The van der Waals surface area contributed by atoms with Gasteiger partial charge >= 0.3 is 0 Å². The maximum absolute atomic E-state index is 12.6. The molecule has 0 aliphatic carbocycles. The molecular weight excluding hydrogens is 278 g/mol. The predicted molar refractivity (Wildman–Crippen MR) is 85.9 cm³/mol. The van der Waals surface area contributed by atoms with Crippen molar-refractivity contribution in [2.24, 2.45) is 5.92 Å². The first-order valence-corrected chi connectivity index (χ1v) is 7.78. The standard InChI is InChI=1S/C18H23NO3/c1-3-12-21-14-15-6-5-11-19(13-15)18(20)16-7-9-17(10-8-16)22-4-2/h1,7-10,15H,4-6,11-14H2,2H3. The van der Waals surface area contributed by atoms with Crippen LogP contribution >= 0.6 is 0 Å². The molecule has 1 unspecified atom stereocenters. The van der Waals surface area contributed by atoms with Crippen LogP contribution < -0.4 is 4.74 Å². The summed E-state index contributed by atoms with van der Waals surface area (Å²) in [5.41, 5.74) is 0.702. The number of terminal acetylenes is 1. The number of piperidine rings is 1. The quantitative estimate of drug-likeness (QED) is 0.599. The third kappa shape index (κ3) is 4.51. The summed E-state index contributed by atoms with van der Waals surface area (Å²) in [6, 6.07) is 7.33. The molecule has 1 aliphatic rings. The van der Waals surface area contributed by atoms with Crippen molar-refractivity contribution < 1.29 is 14.3 Å². The van der Waals surface area contributed by atoms with Crippen LogP contribution in [0.3, 0.4) is 0 Å². The molecule has 1 aliphatic heterocycles. The number of benzene rings is 1. The van der Waals surface area contributed by atoms with Gasteiger partial charge in [0.1, 0.15) is 12.4 Å². The Bertz CT molecular complexity index is 518. The fourth-order valence-electron chi connectivity index (χ4n) is 2.71. The van der Waals surface area contributed by atoms with Gasteiger partial charge in [0.05, 0.1) is 13.2 Å². The topological polar surface area (TPSA) is 38.8 Å². The second-order valence-electron chi connectivity index (χ2n) is 5.44. The number of carbonyl (C=O) groups is 1. The lowest BCUT2D eigenvalue weighted by molar-refractivity contribution is 0.0534. The Balaban J connectivity index is 1.92. The average Bonchev–Trinajstić information content (AvgIpc) is 2.56.